The van der Waals surface area contributed by atoms with Crippen molar-refractivity contribution in [2.45, 2.75) is 24.9 Å². The van der Waals surface area contributed by atoms with Crippen LogP contribution < -0.4 is 4.90 Å². The van der Waals surface area contributed by atoms with E-state index in [1.807, 2.05) is 6.07 Å². The highest BCUT2D eigenvalue weighted by Gasteiger charge is 2.39. The predicted octanol–water partition coefficient (Wildman–Crippen LogP) is 1.38. The van der Waals surface area contributed by atoms with E-state index < -0.39 is 18.0 Å². The lowest BCUT2D eigenvalue weighted by Gasteiger charge is -2.20. The molecule has 2 aliphatic rings. The molecule has 5 heteroatoms. The Morgan fingerprint density at radius 1 is 1.32 bits per heavy atom. The van der Waals surface area contributed by atoms with E-state index in [0.29, 0.717) is 17.9 Å². The van der Waals surface area contributed by atoms with Gasteiger partial charge in [-0.25, -0.2) is 0 Å². The second-order valence-corrected chi connectivity index (χ2v) is 4.90. The van der Waals surface area contributed by atoms with Gasteiger partial charge in [-0.05, 0) is 24.5 Å². The molecule has 2 heterocycles. The average molecular weight is 261 g/mol. The fourth-order valence-electron chi connectivity index (χ4n) is 2.77. The molecule has 0 aromatic heterocycles. The van der Waals surface area contributed by atoms with Crippen LogP contribution in [-0.2, 0) is 14.3 Å². The van der Waals surface area contributed by atoms with Crippen LogP contribution in [0.1, 0.15) is 24.3 Å². The summed E-state index contributed by atoms with van der Waals surface area (Å²) in [6.45, 7) is 0.807. The quantitative estimate of drug-likeness (QED) is 0.873. The number of ether oxygens (including phenoxy) is 1. The van der Waals surface area contributed by atoms with Gasteiger partial charge in [-0.1, -0.05) is 18.2 Å². The minimum absolute atomic E-state index is 0.117. The summed E-state index contributed by atoms with van der Waals surface area (Å²) in [5.74, 6) is -1.65. The van der Waals surface area contributed by atoms with Gasteiger partial charge in [0.15, 0.2) is 0 Å². The van der Waals surface area contributed by atoms with Crippen molar-refractivity contribution in [3.8, 4) is 0 Å². The van der Waals surface area contributed by atoms with Gasteiger partial charge in [0.05, 0.1) is 0 Å². The van der Waals surface area contributed by atoms with Gasteiger partial charge in [0.2, 0.25) is 0 Å². The van der Waals surface area contributed by atoms with Gasteiger partial charge in [0, 0.05) is 18.8 Å². The predicted molar refractivity (Wildman–Crippen MR) is 68.1 cm³/mol. The molecule has 0 radical (unpaired) electrons. The second kappa shape index (κ2) is 4.66. The second-order valence-electron chi connectivity index (χ2n) is 4.90. The monoisotopic (exact) mass is 261 g/mol. The molecule has 1 N–H and O–H groups in total. The fourth-order valence-corrected chi connectivity index (χ4v) is 2.77. The third-order valence-corrected chi connectivity index (χ3v) is 3.74. The molecule has 1 amide bonds. The molecule has 2 atom stereocenters. The molecule has 0 saturated carbocycles. The van der Waals surface area contributed by atoms with E-state index in [9.17, 15) is 14.7 Å². The van der Waals surface area contributed by atoms with Crippen molar-refractivity contribution in [3.63, 3.8) is 0 Å². The summed E-state index contributed by atoms with van der Waals surface area (Å²) in [5.41, 5.74) is 1.41. The van der Waals surface area contributed by atoms with Gasteiger partial charge in [-0.3, -0.25) is 9.59 Å². The molecule has 0 bridgehead atoms. The number of rotatable bonds is 2. The molecule has 3 rings (SSSR count). The minimum atomic E-state index is -0.893. The lowest BCUT2D eigenvalue weighted by molar-refractivity contribution is -0.138. The number of carboxylic acids is 1. The molecule has 1 aromatic rings. The lowest BCUT2D eigenvalue weighted by atomic mass is 10.0. The number of carboxylic acid groups (broad SMARTS) is 1. The molecule has 2 aliphatic heterocycles. The average Bonchev–Trinajstić information content (AvgIpc) is 3.05. The normalized spacial score (nSPS) is 25.4. The fraction of sp³-hybridized carbons (Fsp3) is 0.429. The van der Waals surface area contributed by atoms with Crippen LogP contribution in [0.25, 0.3) is 0 Å². The van der Waals surface area contributed by atoms with E-state index in [1.54, 1.807) is 23.1 Å². The molecule has 1 fully saturated rings. The summed E-state index contributed by atoms with van der Waals surface area (Å²) in [4.78, 5) is 25.2. The maximum Gasteiger partial charge on any atom is 0.312 e. The molecule has 0 unspecified atom stereocenters. The molecular weight excluding hydrogens is 246 g/mol. The summed E-state index contributed by atoms with van der Waals surface area (Å²) in [6.07, 6.45) is 1.18. The topological polar surface area (TPSA) is 66.8 Å². The molecule has 0 aliphatic carbocycles. The van der Waals surface area contributed by atoms with Gasteiger partial charge >= 0.3 is 5.97 Å². The van der Waals surface area contributed by atoms with Gasteiger partial charge < -0.3 is 14.7 Å². The SMILES string of the molecule is O=C(O)[C@@H]1CN(C(=O)[C@H]2CCCO2)c2ccccc21. The van der Waals surface area contributed by atoms with Gasteiger partial charge in [0.25, 0.3) is 5.91 Å². The first-order valence-corrected chi connectivity index (χ1v) is 6.43. The van der Waals surface area contributed by atoms with Crippen LogP contribution in [0.3, 0.4) is 0 Å². The van der Waals surface area contributed by atoms with E-state index in [0.717, 1.165) is 12.8 Å². The van der Waals surface area contributed by atoms with Gasteiger partial charge in [-0.2, -0.15) is 0 Å². The zero-order chi connectivity index (χ0) is 13.4. The molecule has 1 aromatic carbocycles. The highest BCUT2D eigenvalue weighted by molar-refractivity contribution is 6.01. The highest BCUT2D eigenvalue weighted by atomic mass is 16.5. The van der Waals surface area contributed by atoms with E-state index in [-0.39, 0.29) is 12.5 Å². The minimum Gasteiger partial charge on any atom is -0.481 e. The Morgan fingerprint density at radius 3 is 2.79 bits per heavy atom. The van der Waals surface area contributed by atoms with Crippen LogP contribution in [-0.4, -0.2) is 36.2 Å². The molecule has 19 heavy (non-hydrogen) atoms. The van der Waals surface area contributed by atoms with Crippen molar-refractivity contribution < 1.29 is 19.4 Å². The number of para-hydroxylation sites is 1. The third-order valence-electron chi connectivity index (χ3n) is 3.74. The number of benzene rings is 1. The Kier molecular flexibility index (Phi) is 2.98. The summed E-state index contributed by atoms with van der Waals surface area (Å²) in [7, 11) is 0. The van der Waals surface area contributed by atoms with Crippen molar-refractivity contribution in [3.05, 3.63) is 29.8 Å². The van der Waals surface area contributed by atoms with Gasteiger partial charge in [0.1, 0.15) is 12.0 Å². The number of aliphatic carboxylic acids is 1. The van der Waals surface area contributed by atoms with Gasteiger partial charge in [-0.15, -0.1) is 0 Å². The van der Waals surface area contributed by atoms with E-state index in [1.165, 1.54) is 0 Å². The largest absolute Gasteiger partial charge is 0.481 e. The van der Waals surface area contributed by atoms with Crippen molar-refractivity contribution in [1.29, 1.82) is 0 Å². The number of fused-ring (bicyclic) bond motifs is 1. The standard InChI is InChI=1S/C14H15NO4/c16-13(12-6-3-7-19-12)15-8-10(14(17)18)9-4-1-2-5-11(9)15/h1-2,4-5,10,12H,3,6-8H2,(H,17,18)/t10-,12-/m1/s1. The Bertz CT molecular complexity index is 522. The van der Waals surface area contributed by atoms with Crippen LogP contribution >= 0.6 is 0 Å². The lowest BCUT2D eigenvalue weighted by Crippen LogP contribution is -2.38. The first-order valence-electron chi connectivity index (χ1n) is 6.43. The maximum absolute atomic E-state index is 12.4. The first-order chi connectivity index (χ1) is 9.18. The van der Waals surface area contributed by atoms with Crippen molar-refractivity contribution in [2.75, 3.05) is 18.1 Å². The van der Waals surface area contributed by atoms with Crippen LogP contribution in [0.4, 0.5) is 5.69 Å². The van der Waals surface area contributed by atoms with Crippen LogP contribution in [0.15, 0.2) is 24.3 Å². The molecular formula is C14H15NO4. The third kappa shape index (κ3) is 2.00. The highest BCUT2D eigenvalue weighted by Crippen LogP contribution is 2.37. The Balaban J connectivity index is 1.91. The number of nitrogens with zero attached hydrogens (tertiary/aromatic N) is 1. The number of anilines is 1. The smallest absolute Gasteiger partial charge is 0.312 e. The number of hydrogen-bond acceptors (Lipinski definition) is 3. The molecule has 0 spiro atoms. The summed E-state index contributed by atoms with van der Waals surface area (Å²) in [6, 6.07) is 7.19. The number of amides is 1. The molecule has 100 valence electrons. The Morgan fingerprint density at radius 2 is 2.11 bits per heavy atom. The molecule has 5 nitrogen and oxygen atoms in total. The zero-order valence-corrected chi connectivity index (χ0v) is 10.4. The first kappa shape index (κ1) is 12.2. The van der Waals surface area contributed by atoms with Crippen LogP contribution in [0.5, 0.6) is 0 Å². The number of carbonyl (C=O) groups excluding carboxylic acids is 1. The number of hydrogen-bond donors (Lipinski definition) is 1. The van der Waals surface area contributed by atoms with E-state index in [4.69, 9.17) is 4.74 Å². The summed E-state index contributed by atoms with van der Waals surface area (Å²) >= 11 is 0. The Hall–Kier alpha value is -1.88. The maximum atomic E-state index is 12.4. The van der Waals surface area contributed by atoms with Crippen molar-refractivity contribution >= 4 is 17.6 Å². The number of carbonyl (C=O) groups is 2. The Labute approximate surface area is 110 Å². The molecule has 1 saturated heterocycles. The van der Waals surface area contributed by atoms with Crippen molar-refractivity contribution in [1.82, 2.24) is 0 Å². The van der Waals surface area contributed by atoms with Crippen LogP contribution in [0, 0.1) is 0 Å². The zero-order valence-electron chi connectivity index (χ0n) is 10.4. The van der Waals surface area contributed by atoms with Crippen molar-refractivity contribution in [2.24, 2.45) is 0 Å². The van der Waals surface area contributed by atoms with E-state index >= 15 is 0 Å². The summed E-state index contributed by atoms with van der Waals surface area (Å²) in [5, 5.41) is 9.26. The van der Waals surface area contributed by atoms with Crippen LogP contribution in [0.2, 0.25) is 0 Å². The summed E-state index contributed by atoms with van der Waals surface area (Å²) < 4.78 is 5.40. The van der Waals surface area contributed by atoms with E-state index in [2.05, 4.69) is 0 Å².